The van der Waals surface area contributed by atoms with Crippen molar-refractivity contribution in [2.75, 3.05) is 10.8 Å². The fourth-order valence-corrected chi connectivity index (χ4v) is 7.82. The van der Waals surface area contributed by atoms with Gasteiger partial charge in [0.15, 0.2) is 0 Å². The minimum absolute atomic E-state index is 0.0247. The molecule has 4 aromatic rings. The van der Waals surface area contributed by atoms with Crippen LogP contribution >= 0.6 is 11.6 Å². The van der Waals surface area contributed by atoms with Gasteiger partial charge in [0, 0.05) is 24.0 Å². The van der Waals surface area contributed by atoms with Gasteiger partial charge in [-0.2, -0.15) is 0 Å². The molecule has 1 aliphatic rings. The van der Waals surface area contributed by atoms with Crippen LogP contribution in [0.15, 0.2) is 108 Å². The lowest BCUT2D eigenvalue weighted by Gasteiger charge is -2.35. The molecular formula is C38H42ClN3O4S. The van der Waals surface area contributed by atoms with Crippen LogP contribution in [0.2, 0.25) is 5.02 Å². The van der Waals surface area contributed by atoms with Gasteiger partial charge in [0.25, 0.3) is 10.0 Å². The lowest BCUT2D eigenvalue weighted by atomic mass is 9.94. The number of carbonyl (C=O) groups is 2. The Labute approximate surface area is 283 Å². The number of anilines is 1. The largest absolute Gasteiger partial charge is 0.352 e. The van der Waals surface area contributed by atoms with Crippen molar-refractivity contribution in [1.29, 1.82) is 0 Å². The highest BCUT2D eigenvalue weighted by atomic mass is 35.5. The maximum atomic E-state index is 14.7. The van der Waals surface area contributed by atoms with Crippen LogP contribution in [0.3, 0.4) is 0 Å². The number of rotatable bonds is 12. The van der Waals surface area contributed by atoms with Crippen molar-refractivity contribution in [3.63, 3.8) is 0 Å². The van der Waals surface area contributed by atoms with Crippen LogP contribution in [0.25, 0.3) is 0 Å². The van der Waals surface area contributed by atoms with E-state index in [2.05, 4.69) is 5.32 Å². The van der Waals surface area contributed by atoms with Gasteiger partial charge in [0.2, 0.25) is 11.8 Å². The Balaban J connectivity index is 1.59. The summed E-state index contributed by atoms with van der Waals surface area (Å²) < 4.78 is 29.7. The normalized spacial score (nSPS) is 14.3. The molecule has 4 aromatic carbocycles. The number of sulfonamides is 1. The lowest BCUT2D eigenvalue weighted by molar-refractivity contribution is -0.140. The molecular weight excluding hydrogens is 630 g/mol. The predicted molar refractivity (Wildman–Crippen MR) is 188 cm³/mol. The first kappa shape index (κ1) is 34.2. The van der Waals surface area contributed by atoms with Gasteiger partial charge in [0.05, 0.1) is 10.6 Å². The summed E-state index contributed by atoms with van der Waals surface area (Å²) in [5.41, 5.74) is 3.52. The molecule has 7 nitrogen and oxygen atoms in total. The quantitative estimate of drug-likeness (QED) is 0.172. The second-order valence-electron chi connectivity index (χ2n) is 12.3. The summed E-state index contributed by atoms with van der Waals surface area (Å²) in [6.45, 7) is 3.23. The highest BCUT2D eigenvalue weighted by Crippen LogP contribution is 2.29. The molecule has 5 rings (SSSR count). The molecule has 246 valence electrons. The minimum atomic E-state index is -4.17. The van der Waals surface area contributed by atoms with Crippen LogP contribution in [0.5, 0.6) is 0 Å². The SMILES string of the molecule is Cc1ccc(C)c(N(CC(=O)N(Cc2ccccc2Cl)[C@H](Cc2ccccc2)C(=O)NC2CCCCC2)S(=O)(=O)c2ccccc2)c1. The first-order chi connectivity index (χ1) is 22.6. The van der Waals surface area contributed by atoms with E-state index in [9.17, 15) is 18.0 Å². The lowest BCUT2D eigenvalue weighted by Crippen LogP contribution is -2.55. The molecule has 47 heavy (non-hydrogen) atoms. The summed E-state index contributed by atoms with van der Waals surface area (Å²) in [4.78, 5) is 30.6. The molecule has 0 aromatic heterocycles. The molecule has 0 heterocycles. The monoisotopic (exact) mass is 671 g/mol. The van der Waals surface area contributed by atoms with Crippen LogP contribution < -0.4 is 9.62 Å². The van der Waals surface area contributed by atoms with Crippen molar-refractivity contribution in [3.8, 4) is 0 Å². The van der Waals surface area contributed by atoms with Crippen molar-refractivity contribution in [1.82, 2.24) is 10.2 Å². The summed E-state index contributed by atoms with van der Waals surface area (Å²) in [7, 11) is -4.17. The zero-order valence-electron chi connectivity index (χ0n) is 26.9. The van der Waals surface area contributed by atoms with Crippen LogP contribution in [-0.2, 0) is 32.6 Å². The second kappa shape index (κ2) is 15.6. The summed E-state index contributed by atoms with van der Waals surface area (Å²) in [5.74, 6) is -0.768. The minimum Gasteiger partial charge on any atom is -0.352 e. The molecule has 1 atom stereocenters. The molecule has 0 unspecified atom stereocenters. The van der Waals surface area contributed by atoms with Crippen LogP contribution in [0.4, 0.5) is 5.69 Å². The number of nitrogens with zero attached hydrogens (tertiary/aromatic N) is 2. The van der Waals surface area contributed by atoms with Gasteiger partial charge in [-0.05, 0) is 73.2 Å². The van der Waals surface area contributed by atoms with Crippen molar-refractivity contribution in [3.05, 3.63) is 130 Å². The summed E-state index contributed by atoms with van der Waals surface area (Å²) in [6, 6.07) is 29.5. The van der Waals surface area contributed by atoms with E-state index in [1.807, 2.05) is 74.5 Å². The van der Waals surface area contributed by atoms with E-state index in [-0.39, 0.29) is 29.8 Å². The fraction of sp³-hybridized carbons (Fsp3) is 0.316. The van der Waals surface area contributed by atoms with Gasteiger partial charge in [-0.3, -0.25) is 13.9 Å². The number of carbonyl (C=O) groups excluding carboxylic acids is 2. The smallest absolute Gasteiger partial charge is 0.264 e. The van der Waals surface area contributed by atoms with Gasteiger partial charge >= 0.3 is 0 Å². The Morgan fingerprint density at radius 3 is 2.17 bits per heavy atom. The van der Waals surface area contributed by atoms with Crippen molar-refractivity contribution >= 4 is 39.1 Å². The molecule has 0 aliphatic heterocycles. The van der Waals surface area contributed by atoms with Crippen LogP contribution in [0.1, 0.15) is 54.4 Å². The number of benzene rings is 4. The molecule has 1 N–H and O–H groups in total. The average Bonchev–Trinajstić information content (AvgIpc) is 3.08. The number of hydrogen-bond acceptors (Lipinski definition) is 4. The maximum absolute atomic E-state index is 14.7. The Morgan fingerprint density at radius 1 is 0.851 bits per heavy atom. The molecule has 9 heteroatoms. The number of nitrogens with one attached hydrogen (secondary N) is 1. The van der Waals surface area contributed by atoms with Gasteiger partial charge < -0.3 is 10.2 Å². The van der Waals surface area contributed by atoms with Crippen LogP contribution in [-0.4, -0.2) is 43.8 Å². The highest BCUT2D eigenvalue weighted by molar-refractivity contribution is 7.92. The molecule has 1 saturated carbocycles. The van der Waals surface area contributed by atoms with Gasteiger partial charge in [-0.25, -0.2) is 8.42 Å². The first-order valence-electron chi connectivity index (χ1n) is 16.2. The second-order valence-corrected chi connectivity index (χ2v) is 14.5. The van der Waals surface area contributed by atoms with Crippen molar-refractivity contribution in [2.45, 2.75) is 75.9 Å². The van der Waals surface area contributed by atoms with E-state index in [0.29, 0.717) is 21.8 Å². The van der Waals surface area contributed by atoms with E-state index in [1.54, 1.807) is 30.3 Å². The standard InChI is InChI=1S/C38H42ClN3O4S/c1-28-22-23-29(2)35(24-28)42(47(45,46)33-19-10-5-11-20-33)27-37(43)41(26-31-16-12-13-21-34(31)39)36(25-30-14-6-3-7-15-30)38(44)40-32-17-8-4-9-18-32/h3,5-7,10-16,19-24,32,36H,4,8-9,17-18,25-27H2,1-2H3,(H,40,44)/t36-/m1/s1. The first-order valence-corrected chi connectivity index (χ1v) is 18.0. The van der Waals surface area contributed by atoms with Crippen LogP contribution in [0, 0.1) is 13.8 Å². The fourth-order valence-electron chi connectivity index (χ4n) is 6.13. The van der Waals surface area contributed by atoms with E-state index in [1.165, 1.54) is 21.3 Å². The summed E-state index contributed by atoms with van der Waals surface area (Å²) in [5, 5.41) is 3.69. The Bertz CT molecular complexity index is 1780. The molecule has 0 bridgehead atoms. The van der Waals surface area contributed by atoms with Crippen molar-refractivity contribution in [2.24, 2.45) is 0 Å². The number of aryl methyl sites for hydroxylation is 2. The van der Waals surface area contributed by atoms with Gasteiger partial charge in [-0.15, -0.1) is 0 Å². The third-order valence-corrected chi connectivity index (χ3v) is 10.9. The predicted octanol–water partition coefficient (Wildman–Crippen LogP) is 7.24. The van der Waals surface area contributed by atoms with Gasteiger partial charge in [-0.1, -0.05) is 110 Å². The topological polar surface area (TPSA) is 86.8 Å². The summed E-state index contributed by atoms with van der Waals surface area (Å²) in [6.07, 6.45) is 5.25. The highest BCUT2D eigenvalue weighted by Gasteiger charge is 2.36. The number of hydrogen-bond donors (Lipinski definition) is 1. The number of amides is 2. The van der Waals surface area contributed by atoms with Gasteiger partial charge in [0.1, 0.15) is 12.6 Å². The van der Waals surface area contributed by atoms with Crippen molar-refractivity contribution < 1.29 is 18.0 Å². The van der Waals surface area contributed by atoms with E-state index in [0.717, 1.165) is 43.2 Å². The zero-order valence-corrected chi connectivity index (χ0v) is 28.5. The average molecular weight is 672 g/mol. The molecule has 1 fully saturated rings. The van der Waals surface area contributed by atoms with E-state index in [4.69, 9.17) is 11.6 Å². The Kier molecular flexibility index (Phi) is 11.4. The third-order valence-electron chi connectivity index (χ3n) is 8.76. The van der Waals surface area contributed by atoms with E-state index < -0.39 is 28.5 Å². The zero-order chi connectivity index (χ0) is 33.4. The maximum Gasteiger partial charge on any atom is 0.264 e. The molecule has 1 aliphatic carbocycles. The molecule has 0 spiro atoms. The number of halogens is 1. The Hall–Kier alpha value is -4.14. The van der Waals surface area contributed by atoms with E-state index >= 15 is 0 Å². The molecule has 0 radical (unpaired) electrons. The molecule has 2 amide bonds. The third kappa shape index (κ3) is 8.62. The Morgan fingerprint density at radius 2 is 1.49 bits per heavy atom. The molecule has 0 saturated heterocycles. The summed E-state index contributed by atoms with van der Waals surface area (Å²) >= 11 is 6.62.